The first-order chi connectivity index (χ1) is 21.2. The van der Waals surface area contributed by atoms with Crippen LogP contribution in [0.2, 0.25) is 0 Å². The van der Waals surface area contributed by atoms with Crippen LogP contribution in [0.5, 0.6) is 0 Å². The number of alkyl carbamates (subject to hydrolysis) is 1. The summed E-state index contributed by atoms with van der Waals surface area (Å²) >= 11 is 0. The van der Waals surface area contributed by atoms with E-state index in [4.69, 9.17) is 19.9 Å². The lowest BCUT2D eigenvalue weighted by Crippen LogP contribution is -2.52. The lowest BCUT2D eigenvalue weighted by molar-refractivity contribution is -0.264. The summed E-state index contributed by atoms with van der Waals surface area (Å²) in [5.74, 6) is -0.0769. The van der Waals surface area contributed by atoms with Crippen LogP contribution in [0.25, 0.3) is 0 Å². The summed E-state index contributed by atoms with van der Waals surface area (Å²) in [5.41, 5.74) is 6.28. The number of ether oxygens (including phenoxy) is 3. The maximum atomic E-state index is 14.0. The minimum atomic E-state index is -4.16. The van der Waals surface area contributed by atoms with Gasteiger partial charge in [-0.05, 0) is 54.5 Å². The highest BCUT2D eigenvalue weighted by Crippen LogP contribution is 2.33. The van der Waals surface area contributed by atoms with Gasteiger partial charge in [0.2, 0.25) is 10.0 Å². The number of carboxylic acid groups (broad SMARTS) is 1. The summed E-state index contributed by atoms with van der Waals surface area (Å²) in [6.07, 6.45) is -3.15. The molecule has 2 fully saturated rings. The fraction of sp³-hybridized carbons (Fsp3) is 0.548. The molecule has 0 radical (unpaired) electrons. The number of benzene rings is 2. The van der Waals surface area contributed by atoms with Crippen molar-refractivity contribution >= 4 is 27.9 Å². The second kappa shape index (κ2) is 14.8. The predicted octanol–water partition coefficient (Wildman–Crippen LogP) is 1.41. The largest absolute Gasteiger partial charge is 0.530 e. The molecule has 2 saturated heterocycles. The van der Waals surface area contributed by atoms with Gasteiger partial charge in [0.05, 0.1) is 36.2 Å². The average Bonchev–Trinajstić information content (AvgIpc) is 3.61. The zero-order valence-corrected chi connectivity index (χ0v) is 26.6. The Morgan fingerprint density at radius 2 is 1.84 bits per heavy atom. The molecule has 0 saturated carbocycles. The van der Waals surface area contributed by atoms with Crippen molar-refractivity contribution in [2.45, 2.75) is 62.5 Å². The van der Waals surface area contributed by atoms with Crippen molar-refractivity contribution in [1.29, 1.82) is 0 Å². The van der Waals surface area contributed by atoms with Crippen LogP contribution in [0.4, 0.5) is 15.3 Å². The number of hydrogen-bond acceptors (Lipinski definition) is 10. The van der Waals surface area contributed by atoms with Crippen LogP contribution in [0, 0.1) is 11.3 Å². The number of rotatable bonds is 14. The quantitative estimate of drug-likeness (QED) is 0.253. The zero-order chi connectivity index (χ0) is 32.8. The third-order valence-electron chi connectivity index (χ3n) is 8.26. The first kappa shape index (κ1) is 34.4. The molecular formula is C31H43N4O9S-. The molecule has 2 aliphatic heterocycles. The molecule has 2 aromatic rings. The third-order valence-corrected chi connectivity index (χ3v) is 10.1. The Morgan fingerprint density at radius 3 is 2.51 bits per heavy atom. The van der Waals surface area contributed by atoms with Crippen LogP contribution < -0.4 is 16.2 Å². The van der Waals surface area contributed by atoms with Gasteiger partial charge < -0.3 is 45.2 Å². The Bertz CT molecular complexity index is 1390. The van der Waals surface area contributed by atoms with Gasteiger partial charge in [-0.15, -0.1) is 0 Å². The standard InChI is InChI=1S/C31H44N4O9S/c1-31(2,14-15-34(3)30(38)39)20-35(45(40,41)23-11-9-22(32)10-12-23)18-26(36)25(17-21-7-5-4-6-8-21)33-29(37)44-27-19-43-28-24(27)13-16-42-28/h4-12,24-28,36H,13-20,32H2,1-3H3,(H,33,37)(H,38,39)/p-1/t24-,25-,26+,27-,28+/m0/s1. The second-order valence-corrected chi connectivity index (χ2v) is 14.4. The minimum absolute atomic E-state index is 0.0203. The zero-order valence-electron chi connectivity index (χ0n) is 25.8. The number of aliphatic hydroxyl groups is 1. The van der Waals surface area contributed by atoms with E-state index in [-0.39, 0.29) is 43.5 Å². The summed E-state index contributed by atoms with van der Waals surface area (Å²) in [4.78, 5) is 25.4. The Kier molecular flexibility index (Phi) is 11.3. The summed E-state index contributed by atoms with van der Waals surface area (Å²) in [7, 11) is -2.78. The van der Waals surface area contributed by atoms with E-state index in [1.165, 1.54) is 35.6 Å². The summed E-state index contributed by atoms with van der Waals surface area (Å²) < 4.78 is 45.9. The monoisotopic (exact) mass is 647 g/mol. The smallest absolute Gasteiger partial charge is 0.407 e. The van der Waals surface area contributed by atoms with E-state index in [0.29, 0.717) is 25.1 Å². The molecule has 14 heteroatoms. The number of sulfonamides is 1. The fourth-order valence-corrected chi connectivity index (χ4v) is 7.16. The lowest BCUT2D eigenvalue weighted by atomic mass is 9.89. The topological polar surface area (TPSA) is 184 Å². The van der Waals surface area contributed by atoms with Crippen LogP contribution in [-0.4, -0.2) is 99.4 Å². The molecule has 2 amide bonds. The van der Waals surface area contributed by atoms with E-state index in [0.717, 1.165) is 10.5 Å². The van der Waals surface area contributed by atoms with Gasteiger partial charge >= 0.3 is 6.09 Å². The number of nitrogens with one attached hydrogen (secondary N) is 1. The molecular weight excluding hydrogens is 604 g/mol. The summed E-state index contributed by atoms with van der Waals surface area (Å²) in [6, 6.07) is 14.0. The van der Waals surface area contributed by atoms with Crippen molar-refractivity contribution < 1.29 is 42.4 Å². The molecule has 0 aliphatic carbocycles. The molecule has 0 spiro atoms. The number of amides is 2. The van der Waals surface area contributed by atoms with Gasteiger partial charge in [-0.1, -0.05) is 44.2 Å². The highest BCUT2D eigenvalue weighted by Gasteiger charge is 2.44. The van der Waals surface area contributed by atoms with Crippen molar-refractivity contribution in [3.8, 4) is 0 Å². The Labute approximate surface area is 264 Å². The molecule has 248 valence electrons. The first-order valence-electron chi connectivity index (χ1n) is 15.0. The highest BCUT2D eigenvalue weighted by atomic mass is 32.2. The molecule has 2 aromatic carbocycles. The van der Waals surface area contributed by atoms with Crippen molar-refractivity contribution in [3.63, 3.8) is 0 Å². The molecule has 0 aromatic heterocycles. The number of nitrogens with zero attached hydrogens (tertiary/aromatic N) is 2. The van der Waals surface area contributed by atoms with Crippen LogP contribution in [-0.2, 0) is 30.7 Å². The van der Waals surface area contributed by atoms with E-state index >= 15 is 0 Å². The van der Waals surface area contributed by atoms with Crippen LogP contribution in [0.3, 0.4) is 0 Å². The molecule has 13 nitrogen and oxygen atoms in total. The van der Waals surface area contributed by atoms with Gasteiger partial charge in [-0.2, -0.15) is 4.31 Å². The van der Waals surface area contributed by atoms with Crippen LogP contribution in [0.1, 0.15) is 32.3 Å². The number of nitrogens with two attached hydrogens (primary N) is 1. The molecule has 0 unspecified atom stereocenters. The van der Waals surface area contributed by atoms with Gasteiger partial charge in [0.25, 0.3) is 0 Å². The van der Waals surface area contributed by atoms with E-state index < -0.39 is 52.2 Å². The van der Waals surface area contributed by atoms with Gasteiger partial charge in [0, 0.05) is 32.4 Å². The number of carbonyl (C=O) groups is 2. The van der Waals surface area contributed by atoms with Crippen molar-refractivity contribution in [2.24, 2.45) is 11.3 Å². The molecule has 2 heterocycles. The van der Waals surface area contributed by atoms with E-state index in [1.54, 1.807) is 0 Å². The number of fused-ring (bicyclic) bond motifs is 1. The van der Waals surface area contributed by atoms with Crippen molar-refractivity contribution in [1.82, 2.24) is 14.5 Å². The Morgan fingerprint density at radius 1 is 1.16 bits per heavy atom. The Hall–Kier alpha value is -3.43. The number of anilines is 1. The third kappa shape index (κ3) is 9.30. The molecule has 2 aliphatic rings. The number of aliphatic hydroxyl groups excluding tert-OH is 1. The summed E-state index contributed by atoms with van der Waals surface area (Å²) in [5, 5.41) is 25.6. The average molecular weight is 648 g/mol. The normalized spacial score (nSPS) is 21.2. The van der Waals surface area contributed by atoms with E-state index in [2.05, 4.69) is 5.32 Å². The maximum absolute atomic E-state index is 14.0. The van der Waals surface area contributed by atoms with Gasteiger partial charge in [-0.25, -0.2) is 13.2 Å². The number of nitrogen functional groups attached to an aromatic ring is 1. The first-order valence-corrected chi connectivity index (χ1v) is 16.4. The number of hydrogen-bond donors (Lipinski definition) is 3. The van der Waals surface area contributed by atoms with Gasteiger partial charge in [-0.3, -0.25) is 0 Å². The molecule has 5 atom stereocenters. The maximum Gasteiger partial charge on any atom is 0.407 e. The van der Waals surface area contributed by atoms with Gasteiger partial charge in [0.15, 0.2) is 6.29 Å². The van der Waals surface area contributed by atoms with E-state index in [1.807, 2.05) is 44.2 Å². The minimum Gasteiger partial charge on any atom is -0.530 e. The molecule has 45 heavy (non-hydrogen) atoms. The molecule has 4 N–H and O–H groups in total. The van der Waals surface area contributed by atoms with Gasteiger partial charge in [0.1, 0.15) is 12.2 Å². The molecule has 4 rings (SSSR count). The van der Waals surface area contributed by atoms with Crippen molar-refractivity contribution in [2.75, 3.05) is 45.6 Å². The lowest BCUT2D eigenvalue weighted by Gasteiger charge is -2.36. The van der Waals surface area contributed by atoms with Crippen LogP contribution in [0.15, 0.2) is 59.5 Å². The van der Waals surface area contributed by atoms with E-state index in [9.17, 15) is 28.2 Å². The predicted molar refractivity (Wildman–Crippen MR) is 163 cm³/mol. The summed E-state index contributed by atoms with van der Waals surface area (Å²) in [6.45, 7) is 4.05. The number of carbonyl (C=O) groups excluding carboxylic acids is 2. The molecule has 0 bridgehead atoms. The Balaban J connectivity index is 1.56. The highest BCUT2D eigenvalue weighted by molar-refractivity contribution is 7.89. The van der Waals surface area contributed by atoms with Crippen molar-refractivity contribution in [3.05, 3.63) is 60.2 Å². The fourth-order valence-electron chi connectivity index (χ4n) is 5.51. The SMILES string of the molecule is CN(CCC(C)(C)CN(C[C@@H](O)[C@H](Cc1ccccc1)NC(=O)O[C@H]1CO[C@H]2OCC[C@H]21)S(=O)(=O)c1ccc(N)cc1)C(=O)[O-]. The van der Waals surface area contributed by atoms with Crippen LogP contribution >= 0.6 is 0 Å². The second-order valence-electron chi connectivity index (χ2n) is 12.4.